The van der Waals surface area contributed by atoms with E-state index in [0.29, 0.717) is 35.1 Å². The second kappa shape index (κ2) is 9.97. The molecule has 0 aliphatic carbocycles. The largest absolute Gasteiger partial charge is 0.497 e. The van der Waals surface area contributed by atoms with Crippen LogP contribution in [0.1, 0.15) is 30.4 Å². The zero-order valence-corrected chi connectivity index (χ0v) is 18.4. The first-order chi connectivity index (χ1) is 15.0. The van der Waals surface area contributed by atoms with Crippen LogP contribution < -0.4 is 19.5 Å². The highest BCUT2D eigenvalue weighted by atomic mass is 16.5. The van der Waals surface area contributed by atoms with Crippen molar-refractivity contribution in [3.8, 4) is 28.6 Å². The van der Waals surface area contributed by atoms with Crippen LogP contribution in [-0.4, -0.2) is 36.4 Å². The Morgan fingerprint density at radius 1 is 1.13 bits per heavy atom. The molecule has 0 aliphatic rings. The standard InChI is InChI=1S/C23H27N3O5/c1-6-18(30-19-9-7-8-14(2)15(19)3)23(27)24-13-21-25-22(26-31-21)17-11-10-16(28-4)12-20(17)29-5/h7-12,18H,6,13H2,1-5H3,(H,24,27)/t18-/m0/s1. The fraction of sp³-hybridized carbons (Fsp3) is 0.348. The molecule has 0 spiro atoms. The highest BCUT2D eigenvalue weighted by Crippen LogP contribution is 2.31. The van der Waals surface area contributed by atoms with Crippen LogP contribution in [0.2, 0.25) is 0 Å². The molecule has 0 radical (unpaired) electrons. The number of amides is 1. The van der Waals surface area contributed by atoms with Gasteiger partial charge in [0.25, 0.3) is 5.91 Å². The topological polar surface area (TPSA) is 95.7 Å². The Labute approximate surface area is 181 Å². The molecule has 0 unspecified atom stereocenters. The fourth-order valence-corrected chi connectivity index (χ4v) is 3.02. The average molecular weight is 425 g/mol. The number of aryl methyl sites for hydroxylation is 1. The third-order valence-electron chi connectivity index (χ3n) is 5.02. The highest BCUT2D eigenvalue weighted by molar-refractivity contribution is 5.81. The molecule has 1 heterocycles. The monoisotopic (exact) mass is 425 g/mol. The molecule has 1 atom stereocenters. The molecule has 1 N–H and O–H groups in total. The summed E-state index contributed by atoms with van der Waals surface area (Å²) in [6.45, 7) is 5.98. The van der Waals surface area contributed by atoms with Gasteiger partial charge in [0.2, 0.25) is 11.7 Å². The molecular formula is C23H27N3O5. The number of nitrogens with zero attached hydrogens (tertiary/aromatic N) is 2. The molecule has 3 aromatic rings. The number of hydrogen-bond acceptors (Lipinski definition) is 7. The maximum absolute atomic E-state index is 12.6. The molecule has 1 aromatic heterocycles. The van der Waals surface area contributed by atoms with Gasteiger partial charge < -0.3 is 24.1 Å². The Morgan fingerprint density at radius 3 is 2.65 bits per heavy atom. The second-order valence-electron chi connectivity index (χ2n) is 7.01. The van der Waals surface area contributed by atoms with Crippen LogP contribution in [0.25, 0.3) is 11.4 Å². The van der Waals surface area contributed by atoms with Gasteiger partial charge in [-0.2, -0.15) is 4.98 Å². The number of methoxy groups -OCH3 is 2. The van der Waals surface area contributed by atoms with Crippen molar-refractivity contribution in [2.75, 3.05) is 14.2 Å². The van der Waals surface area contributed by atoms with Gasteiger partial charge >= 0.3 is 0 Å². The molecule has 0 saturated carbocycles. The molecule has 31 heavy (non-hydrogen) atoms. The van der Waals surface area contributed by atoms with E-state index < -0.39 is 6.10 Å². The van der Waals surface area contributed by atoms with Gasteiger partial charge in [-0.15, -0.1) is 0 Å². The Kier molecular flexibility index (Phi) is 7.12. The van der Waals surface area contributed by atoms with Gasteiger partial charge in [0.15, 0.2) is 6.10 Å². The lowest BCUT2D eigenvalue weighted by Crippen LogP contribution is -2.37. The van der Waals surface area contributed by atoms with E-state index in [1.807, 2.05) is 39.0 Å². The summed E-state index contributed by atoms with van der Waals surface area (Å²) in [5, 5.41) is 6.80. The van der Waals surface area contributed by atoms with Crippen molar-refractivity contribution in [1.82, 2.24) is 15.5 Å². The first-order valence-electron chi connectivity index (χ1n) is 10.0. The van der Waals surface area contributed by atoms with E-state index in [-0.39, 0.29) is 18.3 Å². The average Bonchev–Trinajstić information content (AvgIpc) is 3.26. The predicted molar refractivity (Wildman–Crippen MR) is 115 cm³/mol. The molecule has 0 bridgehead atoms. The van der Waals surface area contributed by atoms with Crippen LogP contribution in [-0.2, 0) is 11.3 Å². The third-order valence-corrected chi connectivity index (χ3v) is 5.02. The molecule has 8 nitrogen and oxygen atoms in total. The minimum absolute atomic E-state index is 0.0942. The summed E-state index contributed by atoms with van der Waals surface area (Å²) in [5.41, 5.74) is 2.79. The van der Waals surface area contributed by atoms with E-state index in [1.54, 1.807) is 32.4 Å². The first-order valence-corrected chi connectivity index (χ1v) is 10.0. The van der Waals surface area contributed by atoms with Crippen LogP contribution in [0.4, 0.5) is 0 Å². The van der Waals surface area contributed by atoms with Crippen molar-refractivity contribution in [2.45, 2.75) is 39.8 Å². The number of hydrogen-bond donors (Lipinski definition) is 1. The lowest BCUT2D eigenvalue weighted by Gasteiger charge is -2.18. The van der Waals surface area contributed by atoms with Gasteiger partial charge in [0, 0.05) is 6.07 Å². The number of carbonyl (C=O) groups excluding carboxylic acids is 1. The minimum atomic E-state index is -0.621. The molecule has 2 aromatic carbocycles. The quantitative estimate of drug-likeness (QED) is 0.556. The van der Waals surface area contributed by atoms with E-state index in [4.69, 9.17) is 18.7 Å². The first kappa shape index (κ1) is 22.1. The van der Waals surface area contributed by atoms with Gasteiger partial charge in [-0.05, 0) is 49.6 Å². The van der Waals surface area contributed by atoms with Crippen LogP contribution >= 0.6 is 0 Å². The van der Waals surface area contributed by atoms with Crippen molar-refractivity contribution < 1.29 is 23.5 Å². The predicted octanol–water partition coefficient (Wildman–Crippen LogP) is 3.84. The second-order valence-corrected chi connectivity index (χ2v) is 7.01. The normalized spacial score (nSPS) is 11.6. The number of benzene rings is 2. The number of ether oxygens (including phenoxy) is 3. The zero-order chi connectivity index (χ0) is 22.4. The summed E-state index contributed by atoms with van der Waals surface area (Å²) in [4.78, 5) is 17.0. The summed E-state index contributed by atoms with van der Waals surface area (Å²) in [6.07, 6.45) is -0.0956. The molecule has 0 fully saturated rings. The number of carbonyl (C=O) groups is 1. The summed E-state index contributed by atoms with van der Waals surface area (Å²) in [5.74, 6) is 2.32. The Balaban J connectivity index is 1.65. The van der Waals surface area contributed by atoms with Crippen molar-refractivity contribution in [3.05, 3.63) is 53.4 Å². The van der Waals surface area contributed by atoms with Gasteiger partial charge in [-0.3, -0.25) is 4.79 Å². The smallest absolute Gasteiger partial charge is 0.261 e. The van der Waals surface area contributed by atoms with Crippen molar-refractivity contribution >= 4 is 5.91 Å². The summed E-state index contributed by atoms with van der Waals surface area (Å²) in [6, 6.07) is 11.1. The van der Waals surface area contributed by atoms with E-state index >= 15 is 0 Å². The molecule has 164 valence electrons. The van der Waals surface area contributed by atoms with E-state index in [2.05, 4.69) is 15.5 Å². The van der Waals surface area contributed by atoms with Gasteiger partial charge in [-0.25, -0.2) is 0 Å². The van der Waals surface area contributed by atoms with E-state index in [9.17, 15) is 4.79 Å². The Hall–Kier alpha value is -3.55. The minimum Gasteiger partial charge on any atom is -0.497 e. The number of rotatable bonds is 9. The van der Waals surface area contributed by atoms with Crippen molar-refractivity contribution in [3.63, 3.8) is 0 Å². The molecule has 0 saturated heterocycles. The SMILES string of the molecule is CC[C@H](Oc1cccc(C)c1C)C(=O)NCc1nc(-c2ccc(OC)cc2OC)no1. The van der Waals surface area contributed by atoms with Gasteiger partial charge in [0.1, 0.15) is 17.2 Å². The number of aromatic nitrogens is 2. The molecule has 8 heteroatoms. The molecule has 1 amide bonds. The highest BCUT2D eigenvalue weighted by Gasteiger charge is 2.21. The maximum Gasteiger partial charge on any atom is 0.261 e. The van der Waals surface area contributed by atoms with Crippen LogP contribution in [0.5, 0.6) is 17.2 Å². The summed E-state index contributed by atoms with van der Waals surface area (Å²) in [7, 11) is 3.14. The van der Waals surface area contributed by atoms with Crippen LogP contribution in [0.15, 0.2) is 40.9 Å². The van der Waals surface area contributed by atoms with E-state index in [1.165, 1.54) is 0 Å². The van der Waals surface area contributed by atoms with Gasteiger partial charge in [-0.1, -0.05) is 24.2 Å². The number of nitrogens with one attached hydrogen (secondary N) is 1. The zero-order valence-electron chi connectivity index (χ0n) is 18.4. The van der Waals surface area contributed by atoms with Crippen molar-refractivity contribution in [2.24, 2.45) is 0 Å². The summed E-state index contributed by atoms with van der Waals surface area (Å²) >= 11 is 0. The molecule has 0 aliphatic heterocycles. The molecular weight excluding hydrogens is 398 g/mol. The maximum atomic E-state index is 12.6. The lowest BCUT2D eigenvalue weighted by molar-refractivity contribution is -0.128. The fourth-order valence-electron chi connectivity index (χ4n) is 3.02. The van der Waals surface area contributed by atoms with Crippen molar-refractivity contribution in [1.29, 1.82) is 0 Å². The van der Waals surface area contributed by atoms with Crippen LogP contribution in [0, 0.1) is 13.8 Å². The lowest BCUT2D eigenvalue weighted by atomic mass is 10.1. The van der Waals surface area contributed by atoms with Crippen LogP contribution in [0.3, 0.4) is 0 Å². The summed E-state index contributed by atoms with van der Waals surface area (Å²) < 4.78 is 21.8. The third kappa shape index (κ3) is 5.14. The van der Waals surface area contributed by atoms with Gasteiger partial charge in [0.05, 0.1) is 26.3 Å². The molecule has 3 rings (SSSR count). The Morgan fingerprint density at radius 2 is 1.94 bits per heavy atom. The Bertz CT molecular complexity index is 1050. The van der Waals surface area contributed by atoms with E-state index in [0.717, 1.165) is 11.1 Å².